The quantitative estimate of drug-likeness (QED) is 0.910. The number of morpholine rings is 1. The van der Waals surface area contributed by atoms with Crippen molar-refractivity contribution in [3.05, 3.63) is 34.6 Å². The molecule has 0 bridgehead atoms. The van der Waals surface area contributed by atoms with Gasteiger partial charge in [-0.3, -0.25) is 4.79 Å². The van der Waals surface area contributed by atoms with E-state index in [1.54, 1.807) is 0 Å². The summed E-state index contributed by atoms with van der Waals surface area (Å²) >= 11 is 5.92. The average Bonchev–Trinajstić information content (AvgIpc) is 2.35. The van der Waals surface area contributed by atoms with Crippen molar-refractivity contribution >= 4 is 17.4 Å². The minimum absolute atomic E-state index is 0.0104. The number of Topliss-reactive ketones (excluding diaryl/α,β-unsaturated/α-hetero) is 1. The fourth-order valence-electron chi connectivity index (χ4n) is 1.97. The van der Waals surface area contributed by atoms with Crippen LogP contribution in [0.4, 0.5) is 4.39 Å². The van der Waals surface area contributed by atoms with E-state index in [4.69, 9.17) is 16.3 Å². The molecule has 1 saturated heterocycles. The Morgan fingerprint density at radius 1 is 1.56 bits per heavy atom. The first-order valence-corrected chi connectivity index (χ1v) is 6.31. The van der Waals surface area contributed by atoms with E-state index < -0.39 is 0 Å². The smallest absolute Gasteiger partial charge is 0.139 e. The van der Waals surface area contributed by atoms with Crippen LogP contribution in [0.5, 0.6) is 0 Å². The second-order valence-corrected chi connectivity index (χ2v) is 4.76. The molecule has 1 aliphatic heterocycles. The van der Waals surface area contributed by atoms with Crippen molar-refractivity contribution in [1.29, 1.82) is 0 Å². The van der Waals surface area contributed by atoms with Crippen molar-refractivity contribution in [3.63, 3.8) is 0 Å². The molecule has 1 aromatic rings. The molecule has 0 saturated carbocycles. The lowest BCUT2D eigenvalue weighted by Crippen LogP contribution is -2.39. The van der Waals surface area contributed by atoms with Gasteiger partial charge in [-0.25, -0.2) is 4.39 Å². The highest BCUT2D eigenvalue weighted by Gasteiger charge is 2.18. The lowest BCUT2D eigenvalue weighted by atomic mass is 10.0. The maximum atomic E-state index is 13.1. The van der Waals surface area contributed by atoms with Gasteiger partial charge in [0, 0.05) is 31.0 Å². The van der Waals surface area contributed by atoms with Gasteiger partial charge in [0.1, 0.15) is 11.6 Å². The van der Waals surface area contributed by atoms with Gasteiger partial charge in [0.25, 0.3) is 0 Å². The summed E-state index contributed by atoms with van der Waals surface area (Å²) in [6, 6.07) is 4.06. The van der Waals surface area contributed by atoms with Crippen LogP contribution in [-0.2, 0) is 16.0 Å². The van der Waals surface area contributed by atoms with Gasteiger partial charge in [0.05, 0.1) is 12.7 Å². The second-order valence-electron chi connectivity index (χ2n) is 4.35. The third-order valence-electron chi connectivity index (χ3n) is 2.86. The van der Waals surface area contributed by atoms with Crippen molar-refractivity contribution in [3.8, 4) is 0 Å². The van der Waals surface area contributed by atoms with Crippen LogP contribution in [-0.4, -0.2) is 31.6 Å². The summed E-state index contributed by atoms with van der Waals surface area (Å²) in [5, 5.41) is 3.58. The minimum Gasteiger partial charge on any atom is -0.375 e. The Morgan fingerprint density at radius 2 is 2.39 bits per heavy atom. The summed E-state index contributed by atoms with van der Waals surface area (Å²) in [6.45, 7) is 2.13. The standard InChI is InChI=1S/C13H15ClFNO2/c14-13-2-1-10(15)5-9(13)6-11(17)7-12-8-16-3-4-18-12/h1-2,5,12,16H,3-4,6-8H2. The predicted octanol–water partition coefficient (Wildman–Crippen LogP) is 1.97. The topological polar surface area (TPSA) is 38.3 Å². The molecule has 0 radical (unpaired) electrons. The molecule has 1 aliphatic rings. The molecule has 0 aromatic heterocycles. The molecule has 1 unspecified atom stereocenters. The Labute approximate surface area is 110 Å². The number of nitrogens with one attached hydrogen (secondary N) is 1. The Morgan fingerprint density at radius 3 is 3.11 bits per heavy atom. The van der Waals surface area contributed by atoms with Crippen LogP contribution in [0.15, 0.2) is 18.2 Å². The van der Waals surface area contributed by atoms with E-state index in [2.05, 4.69) is 5.32 Å². The summed E-state index contributed by atoms with van der Waals surface area (Å²) in [5.74, 6) is -0.367. The van der Waals surface area contributed by atoms with Crippen molar-refractivity contribution in [2.75, 3.05) is 19.7 Å². The first-order chi connectivity index (χ1) is 8.65. The number of ketones is 1. The molecule has 1 fully saturated rings. The van der Waals surface area contributed by atoms with Gasteiger partial charge in [-0.1, -0.05) is 11.6 Å². The SMILES string of the molecule is O=C(Cc1cc(F)ccc1Cl)CC1CNCCO1. The highest BCUT2D eigenvalue weighted by atomic mass is 35.5. The second kappa shape index (κ2) is 6.27. The van der Waals surface area contributed by atoms with Crippen LogP contribution < -0.4 is 5.32 Å². The molecule has 3 nitrogen and oxygen atoms in total. The van der Waals surface area contributed by atoms with E-state index in [9.17, 15) is 9.18 Å². The zero-order valence-corrected chi connectivity index (χ0v) is 10.7. The number of benzene rings is 1. The zero-order valence-electron chi connectivity index (χ0n) is 9.92. The minimum atomic E-state index is -0.377. The van der Waals surface area contributed by atoms with Crippen LogP contribution in [0.25, 0.3) is 0 Å². The van der Waals surface area contributed by atoms with Crippen molar-refractivity contribution < 1.29 is 13.9 Å². The first kappa shape index (κ1) is 13.5. The summed E-state index contributed by atoms with van der Waals surface area (Å²) < 4.78 is 18.5. The molecule has 0 spiro atoms. The van der Waals surface area contributed by atoms with Crippen LogP contribution >= 0.6 is 11.6 Å². The van der Waals surface area contributed by atoms with Gasteiger partial charge in [-0.2, -0.15) is 0 Å². The molecular formula is C13H15ClFNO2. The molecular weight excluding hydrogens is 257 g/mol. The third-order valence-corrected chi connectivity index (χ3v) is 3.22. The summed E-state index contributed by atoms with van der Waals surface area (Å²) in [5.41, 5.74) is 0.533. The molecule has 5 heteroatoms. The van der Waals surface area contributed by atoms with E-state index in [0.717, 1.165) is 6.54 Å². The van der Waals surface area contributed by atoms with Crippen molar-refractivity contribution in [2.45, 2.75) is 18.9 Å². The lowest BCUT2D eigenvalue weighted by Gasteiger charge is -2.22. The molecule has 1 atom stereocenters. The molecule has 98 valence electrons. The Hall–Kier alpha value is -0.970. The average molecular weight is 272 g/mol. The summed E-state index contributed by atoms with van der Waals surface area (Å²) in [4.78, 5) is 11.9. The zero-order chi connectivity index (χ0) is 13.0. The van der Waals surface area contributed by atoms with Gasteiger partial charge in [-0.15, -0.1) is 0 Å². The van der Waals surface area contributed by atoms with Crippen LogP contribution in [0.1, 0.15) is 12.0 Å². The maximum absolute atomic E-state index is 13.1. The van der Waals surface area contributed by atoms with Crippen molar-refractivity contribution in [2.24, 2.45) is 0 Å². The fraction of sp³-hybridized carbons (Fsp3) is 0.462. The molecule has 18 heavy (non-hydrogen) atoms. The molecule has 0 aliphatic carbocycles. The predicted molar refractivity (Wildman–Crippen MR) is 67.3 cm³/mol. The molecule has 1 N–H and O–H groups in total. The maximum Gasteiger partial charge on any atom is 0.139 e. The van der Waals surface area contributed by atoms with E-state index in [1.165, 1.54) is 18.2 Å². The number of halogens is 2. The van der Waals surface area contributed by atoms with Crippen LogP contribution in [0.3, 0.4) is 0 Å². The Balaban J connectivity index is 1.92. The van der Waals surface area contributed by atoms with E-state index in [-0.39, 0.29) is 24.1 Å². The van der Waals surface area contributed by atoms with Gasteiger partial charge in [0.2, 0.25) is 0 Å². The van der Waals surface area contributed by atoms with Crippen LogP contribution in [0.2, 0.25) is 5.02 Å². The van der Waals surface area contributed by atoms with Crippen molar-refractivity contribution in [1.82, 2.24) is 5.32 Å². The molecule has 2 rings (SSSR count). The Kier molecular flexibility index (Phi) is 4.69. The number of carbonyl (C=O) groups excluding carboxylic acids is 1. The van der Waals surface area contributed by atoms with Gasteiger partial charge < -0.3 is 10.1 Å². The number of ether oxygens (including phenoxy) is 1. The van der Waals surface area contributed by atoms with E-state index in [0.29, 0.717) is 30.2 Å². The third kappa shape index (κ3) is 3.77. The van der Waals surface area contributed by atoms with Gasteiger partial charge in [0.15, 0.2) is 0 Å². The summed E-state index contributed by atoms with van der Waals surface area (Å²) in [7, 11) is 0. The van der Waals surface area contributed by atoms with Crippen LogP contribution in [0, 0.1) is 5.82 Å². The summed E-state index contributed by atoms with van der Waals surface area (Å²) in [6.07, 6.45) is 0.398. The molecule has 1 heterocycles. The van der Waals surface area contributed by atoms with E-state index in [1.807, 2.05) is 0 Å². The Bertz CT molecular complexity index is 433. The normalized spacial score (nSPS) is 19.8. The highest BCUT2D eigenvalue weighted by Crippen LogP contribution is 2.18. The van der Waals surface area contributed by atoms with Gasteiger partial charge >= 0.3 is 0 Å². The lowest BCUT2D eigenvalue weighted by molar-refractivity contribution is -0.121. The number of rotatable bonds is 4. The number of hydrogen-bond donors (Lipinski definition) is 1. The monoisotopic (exact) mass is 271 g/mol. The fourth-order valence-corrected chi connectivity index (χ4v) is 2.15. The highest BCUT2D eigenvalue weighted by molar-refractivity contribution is 6.31. The molecule has 0 amide bonds. The molecule has 1 aromatic carbocycles. The van der Waals surface area contributed by atoms with Gasteiger partial charge in [-0.05, 0) is 23.8 Å². The van der Waals surface area contributed by atoms with E-state index >= 15 is 0 Å². The first-order valence-electron chi connectivity index (χ1n) is 5.93. The number of carbonyl (C=O) groups is 1. The largest absolute Gasteiger partial charge is 0.375 e. The number of hydrogen-bond acceptors (Lipinski definition) is 3.